The van der Waals surface area contributed by atoms with Gasteiger partial charge in [0, 0.05) is 17.4 Å². The normalized spacial score (nSPS) is 11.2. The molecule has 5 aromatic rings. The molecule has 0 radical (unpaired) electrons. The molecule has 1 nitrogen and oxygen atoms in total. The molecule has 0 heterocycles. The Morgan fingerprint density at radius 3 is 1.03 bits per heavy atom. The monoisotopic (exact) mass is 502 g/mol. The summed E-state index contributed by atoms with van der Waals surface area (Å²) in [6.45, 7) is 0. The molecule has 0 fully saturated rings. The second-order valence-electron chi connectivity index (χ2n) is 8.56. The summed E-state index contributed by atoms with van der Waals surface area (Å²) < 4.78 is 0. The van der Waals surface area contributed by atoms with E-state index in [0.29, 0.717) is 6.42 Å². The molecular formula is C33H28OP2. The first-order chi connectivity index (χ1) is 17.8. The molecule has 0 unspecified atom stereocenters. The van der Waals surface area contributed by atoms with Crippen LogP contribution in [0.4, 0.5) is 0 Å². The van der Waals surface area contributed by atoms with Gasteiger partial charge in [0.05, 0.1) is 0 Å². The first-order valence-corrected chi connectivity index (χ1v) is 15.0. The summed E-state index contributed by atoms with van der Waals surface area (Å²) in [5.74, 6) is 0.208. The first kappa shape index (κ1) is 24.3. The van der Waals surface area contributed by atoms with E-state index in [4.69, 9.17) is 0 Å². The SMILES string of the molecule is O=C(CC(P(c1ccccc1)c1ccccc1)P(c1ccccc1)c1ccccc1)c1ccccc1. The number of Topliss-reactive ketones (excluding diaryl/α,β-unsaturated/α-hetero) is 1. The van der Waals surface area contributed by atoms with Crippen LogP contribution >= 0.6 is 15.8 Å². The zero-order chi connectivity index (χ0) is 24.6. The van der Waals surface area contributed by atoms with E-state index in [9.17, 15) is 4.79 Å². The third-order valence-electron chi connectivity index (χ3n) is 6.20. The van der Waals surface area contributed by atoms with E-state index in [2.05, 4.69) is 121 Å². The molecule has 0 aliphatic heterocycles. The van der Waals surface area contributed by atoms with Crippen molar-refractivity contribution in [3.05, 3.63) is 157 Å². The third-order valence-corrected chi connectivity index (χ3v) is 12.6. The minimum absolute atomic E-state index is 0.136. The van der Waals surface area contributed by atoms with Crippen LogP contribution in [0.25, 0.3) is 0 Å². The van der Waals surface area contributed by atoms with Gasteiger partial charge in [-0.1, -0.05) is 152 Å². The second-order valence-corrected chi connectivity index (χ2v) is 13.8. The van der Waals surface area contributed by atoms with Crippen LogP contribution in [0.5, 0.6) is 0 Å². The van der Waals surface area contributed by atoms with Gasteiger partial charge < -0.3 is 0 Å². The van der Waals surface area contributed by atoms with Gasteiger partial charge in [-0.3, -0.25) is 4.79 Å². The van der Waals surface area contributed by atoms with E-state index < -0.39 is 15.8 Å². The second kappa shape index (κ2) is 12.0. The Morgan fingerprint density at radius 2 is 0.722 bits per heavy atom. The molecule has 0 bridgehead atoms. The molecule has 5 aromatic carbocycles. The molecule has 0 saturated carbocycles. The van der Waals surface area contributed by atoms with E-state index in [0.717, 1.165) is 5.56 Å². The largest absolute Gasteiger partial charge is 0.294 e. The van der Waals surface area contributed by atoms with E-state index in [-0.39, 0.29) is 11.2 Å². The Morgan fingerprint density at radius 1 is 0.444 bits per heavy atom. The fourth-order valence-corrected chi connectivity index (χ4v) is 11.7. The van der Waals surface area contributed by atoms with Crippen molar-refractivity contribution < 1.29 is 4.79 Å². The van der Waals surface area contributed by atoms with Gasteiger partial charge in [0.15, 0.2) is 5.78 Å². The van der Waals surface area contributed by atoms with Crippen LogP contribution in [0.15, 0.2) is 152 Å². The maximum Gasteiger partial charge on any atom is 0.163 e. The number of hydrogen-bond donors (Lipinski definition) is 0. The molecule has 0 spiro atoms. The summed E-state index contributed by atoms with van der Waals surface area (Å²) in [6.07, 6.45) is 0.495. The van der Waals surface area contributed by atoms with Crippen molar-refractivity contribution in [2.75, 3.05) is 0 Å². The highest BCUT2D eigenvalue weighted by Gasteiger charge is 2.35. The molecular weight excluding hydrogens is 474 g/mol. The standard InChI is InChI=1S/C33H28OP2/c34-32(27-16-6-1-7-17-27)26-33(35(28-18-8-2-9-19-28)29-20-10-3-11-21-29)36(30-22-12-4-13-23-30)31-24-14-5-15-25-31/h1-25,33H,26H2. The number of carbonyl (C=O) groups is 1. The number of rotatable bonds is 9. The highest BCUT2D eigenvalue weighted by Crippen LogP contribution is 2.58. The molecule has 5 rings (SSSR count). The summed E-state index contributed by atoms with van der Waals surface area (Å²) in [5.41, 5.74) is 0.787. The molecule has 36 heavy (non-hydrogen) atoms. The van der Waals surface area contributed by atoms with Crippen molar-refractivity contribution in [2.45, 2.75) is 11.8 Å². The maximum absolute atomic E-state index is 13.8. The summed E-state index contributed by atoms with van der Waals surface area (Å²) in [4.78, 5) is 13.8. The zero-order valence-corrected chi connectivity index (χ0v) is 21.8. The van der Waals surface area contributed by atoms with E-state index in [1.165, 1.54) is 21.2 Å². The van der Waals surface area contributed by atoms with Gasteiger partial charge in [-0.2, -0.15) is 0 Å². The van der Waals surface area contributed by atoms with Crippen molar-refractivity contribution in [2.24, 2.45) is 0 Å². The lowest BCUT2D eigenvalue weighted by Crippen LogP contribution is -2.29. The van der Waals surface area contributed by atoms with Gasteiger partial charge in [0.2, 0.25) is 0 Å². The van der Waals surface area contributed by atoms with E-state index >= 15 is 0 Å². The lowest BCUT2D eigenvalue weighted by atomic mass is 10.1. The molecule has 0 saturated heterocycles. The van der Waals surface area contributed by atoms with Crippen LogP contribution in [0.2, 0.25) is 0 Å². The van der Waals surface area contributed by atoms with Gasteiger partial charge in [0.25, 0.3) is 0 Å². The van der Waals surface area contributed by atoms with Crippen molar-refractivity contribution in [1.82, 2.24) is 0 Å². The Hall–Kier alpha value is -3.37. The molecule has 0 aliphatic carbocycles. The Kier molecular flexibility index (Phi) is 8.14. The lowest BCUT2D eigenvalue weighted by Gasteiger charge is -2.35. The van der Waals surface area contributed by atoms with Crippen LogP contribution in [-0.2, 0) is 0 Å². The van der Waals surface area contributed by atoms with Crippen molar-refractivity contribution in [3.8, 4) is 0 Å². The molecule has 0 aliphatic rings. The number of ketones is 1. The van der Waals surface area contributed by atoms with Gasteiger partial charge in [-0.15, -0.1) is 0 Å². The van der Waals surface area contributed by atoms with Gasteiger partial charge >= 0.3 is 0 Å². The minimum atomic E-state index is -0.816. The van der Waals surface area contributed by atoms with E-state index in [1.807, 2.05) is 30.3 Å². The Labute approximate surface area is 216 Å². The van der Waals surface area contributed by atoms with Crippen LogP contribution in [0, 0.1) is 0 Å². The summed E-state index contributed by atoms with van der Waals surface area (Å²) in [7, 11) is -1.63. The smallest absolute Gasteiger partial charge is 0.163 e. The third kappa shape index (κ3) is 5.71. The molecule has 0 amide bonds. The quantitative estimate of drug-likeness (QED) is 0.159. The predicted octanol–water partition coefficient (Wildman–Crippen LogP) is 6.85. The molecule has 3 heteroatoms. The molecule has 0 aromatic heterocycles. The first-order valence-electron chi connectivity index (χ1n) is 12.2. The van der Waals surface area contributed by atoms with Crippen LogP contribution in [-0.4, -0.2) is 11.2 Å². The number of hydrogen-bond acceptors (Lipinski definition) is 1. The number of carbonyl (C=O) groups excluding carboxylic acids is 1. The van der Waals surface area contributed by atoms with Gasteiger partial charge in [-0.25, -0.2) is 0 Å². The van der Waals surface area contributed by atoms with Crippen LogP contribution in [0.1, 0.15) is 16.8 Å². The molecule has 0 atom stereocenters. The summed E-state index contributed by atoms with van der Waals surface area (Å²) in [6, 6.07) is 52.9. The van der Waals surface area contributed by atoms with Crippen molar-refractivity contribution >= 4 is 42.8 Å². The average molecular weight is 503 g/mol. The lowest BCUT2D eigenvalue weighted by molar-refractivity contribution is 0.0987. The van der Waals surface area contributed by atoms with Crippen molar-refractivity contribution in [3.63, 3.8) is 0 Å². The maximum atomic E-state index is 13.8. The minimum Gasteiger partial charge on any atom is -0.294 e. The Bertz CT molecular complexity index is 1200. The van der Waals surface area contributed by atoms with Crippen LogP contribution < -0.4 is 21.2 Å². The van der Waals surface area contributed by atoms with Crippen molar-refractivity contribution in [1.29, 1.82) is 0 Å². The summed E-state index contributed by atoms with van der Waals surface area (Å²) in [5, 5.41) is 5.37. The van der Waals surface area contributed by atoms with E-state index in [1.54, 1.807) is 0 Å². The highest BCUT2D eigenvalue weighted by atomic mass is 31.2. The fourth-order valence-electron chi connectivity index (χ4n) is 4.55. The fraction of sp³-hybridized carbons (Fsp3) is 0.0606. The predicted molar refractivity (Wildman–Crippen MR) is 157 cm³/mol. The van der Waals surface area contributed by atoms with Gasteiger partial charge in [0.1, 0.15) is 0 Å². The average Bonchev–Trinajstić information content (AvgIpc) is 2.96. The van der Waals surface area contributed by atoms with Crippen LogP contribution in [0.3, 0.4) is 0 Å². The summed E-state index contributed by atoms with van der Waals surface area (Å²) >= 11 is 0. The topological polar surface area (TPSA) is 17.1 Å². The zero-order valence-electron chi connectivity index (χ0n) is 20.0. The number of benzene rings is 5. The highest BCUT2D eigenvalue weighted by molar-refractivity contribution is 7.89. The molecule has 176 valence electrons. The van der Waals surface area contributed by atoms with Gasteiger partial charge in [-0.05, 0) is 37.1 Å². The Balaban J connectivity index is 1.71. The molecule has 0 N–H and O–H groups in total.